The van der Waals surface area contributed by atoms with E-state index in [0.29, 0.717) is 42.3 Å². The summed E-state index contributed by atoms with van der Waals surface area (Å²) in [5.41, 5.74) is 1.97. The molecule has 146 valence electrons. The molecule has 0 bridgehead atoms. The minimum Gasteiger partial charge on any atom is -0.493 e. The first kappa shape index (κ1) is 19.7. The van der Waals surface area contributed by atoms with Crippen molar-refractivity contribution in [3.8, 4) is 5.75 Å². The van der Waals surface area contributed by atoms with Crippen molar-refractivity contribution in [3.05, 3.63) is 28.0 Å². The number of carbonyl (C=O) groups excluding carboxylic acids is 1. The number of carbonyl (C=O) groups is 1. The molecule has 8 nitrogen and oxygen atoms in total. The van der Waals surface area contributed by atoms with Gasteiger partial charge in [0.15, 0.2) is 16.0 Å². The number of nitrogens with one attached hydrogen (secondary N) is 2. The number of ether oxygens (including phenoxy) is 2. The van der Waals surface area contributed by atoms with Crippen LogP contribution >= 0.6 is 22.9 Å². The summed E-state index contributed by atoms with van der Waals surface area (Å²) in [6.45, 7) is 5.01. The van der Waals surface area contributed by atoms with E-state index in [-0.39, 0.29) is 6.03 Å². The second-order valence-corrected chi connectivity index (χ2v) is 7.27. The van der Waals surface area contributed by atoms with Gasteiger partial charge < -0.3 is 19.7 Å². The van der Waals surface area contributed by atoms with E-state index >= 15 is 0 Å². The van der Waals surface area contributed by atoms with Gasteiger partial charge in [0.2, 0.25) is 0 Å². The SMILES string of the molecule is CCOCCNC(=O)Nc1nc2c(s1)CN(c1cnc(Cl)c(OC)c1)CC2. The van der Waals surface area contributed by atoms with E-state index in [9.17, 15) is 4.79 Å². The van der Waals surface area contributed by atoms with Crippen LogP contribution in [0.3, 0.4) is 0 Å². The van der Waals surface area contributed by atoms with E-state index in [1.807, 2.05) is 13.0 Å². The fourth-order valence-corrected chi connectivity index (χ4v) is 3.92. The van der Waals surface area contributed by atoms with Gasteiger partial charge in [0.05, 0.1) is 37.8 Å². The number of thiazole rings is 1. The molecule has 2 amide bonds. The topological polar surface area (TPSA) is 88.6 Å². The molecule has 0 aliphatic carbocycles. The second kappa shape index (κ2) is 9.20. The van der Waals surface area contributed by atoms with Crippen LogP contribution < -0.4 is 20.3 Å². The summed E-state index contributed by atoms with van der Waals surface area (Å²) < 4.78 is 10.4. The molecule has 2 aromatic heterocycles. The normalized spacial score (nSPS) is 13.2. The standard InChI is InChI=1S/C17H22ClN5O3S/c1-3-26-7-5-19-16(24)22-17-21-12-4-6-23(10-14(12)27-17)11-8-13(25-2)15(18)20-9-11/h8-9H,3-7,10H2,1-2H3,(H2,19,21,22,24). The third-order valence-corrected chi connectivity index (χ3v) is 5.35. The molecule has 0 saturated heterocycles. The highest BCUT2D eigenvalue weighted by Gasteiger charge is 2.22. The van der Waals surface area contributed by atoms with Crippen LogP contribution in [0.2, 0.25) is 5.15 Å². The lowest BCUT2D eigenvalue weighted by molar-refractivity contribution is 0.150. The van der Waals surface area contributed by atoms with Crippen molar-refractivity contribution < 1.29 is 14.3 Å². The summed E-state index contributed by atoms with van der Waals surface area (Å²) in [4.78, 5) is 24.0. The Morgan fingerprint density at radius 2 is 2.33 bits per heavy atom. The first-order valence-electron chi connectivity index (χ1n) is 8.66. The molecule has 27 heavy (non-hydrogen) atoms. The van der Waals surface area contributed by atoms with Crippen LogP contribution in [-0.2, 0) is 17.7 Å². The number of fused-ring (bicyclic) bond motifs is 1. The van der Waals surface area contributed by atoms with Gasteiger partial charge in [-0.15, -0.1) is 0 Å². The number of nitrogens with zero attached hydrogens (tertiary/aromatic N) is 3. The zero-order chi connectivity index (χ0) is 19.2. The number of urea groups is 1. The number of methoxy groups -OCH3 is 1. The van der Waals surface area contributed by atoms with Crippen molar-refractivity contribution in [2.24, 2.45) is 0 Å². The molecule has 0 aromatic carbocycles. The number of hydrogen-bond acceptors (Lipinski definition) is 7. The predicted molar refractivity (Wildman–Crippen MR) is 106 cm³/mol. The number of amides is 2. The fourth-order valence-electron chi connectivity index (χ4n) is 2.73. The summed E-state index contributed by atoms with van der Waals surface area (Å²) in [5, 5.41) is 6.48. The summed E-state index contributed by atoms with van der Waals surface area (Å²) >= 11 is 7.49. The molecule has 3 rings (SSSR count). The Balaban J connectivity index is 1.61. The maximum absolute atomic E-state index is 11.9. The van der Waals surface area contributed by atoms with E-state index in [1.165, 1.54) is 11.3 Å². The number of rotatable bonds is 7. The van der Waals surface area contributed by atoms with Gasteiger partial charge in [-0.3, -0.25) is 5.32 Å². The average Bonchev–Trinajstić information content (AvgIpc) is 3.07. The molecule has 0 fully saturated rings. The molecule has 2 N–H and O–H groups in total. The van der Waals surface area contributed by atoms with Gasteiger partial charge in [-0.2, -0.15) is 0 Å². The van der Waals surface area contributed by atoms with Crippen LogP contribution in [0.4, 0.5) is 15.6 Å². The van der Waals surface area contributed by atoms with E-state index in [4.69, 9.17) is 21.1 Å². The first-order chi connectivity index (χ1) is 13.1. The summed E-state index contributed by atoms with van der Waals surface area (Å²) in [7, 11) is 1.57. The van der Waals surface area contributed by atoms with Gasteiger partial charge in [-0.1, -0.05) is 22.9 Å². The molecule has 1 aliphatic heterocycles. The minimum absolute atomic E-state index is 0.274. The highest BCUT2D eigenvalue weighted by atomic mass is 35.5. The van der Waals surface area contributed by atoms with Crippen LogP contribution in [-0.4, -0.2) is 49.4 Å². The lowest BCUT2D eigenvalue weighted by atomic mass is 10.1. The van der Waals surface area contributed by atoms with E-state index in [2.05, 4.69) is 25.5 Å². The van der Waals surface area contributed by atoms with Gasteiger partial charge in [0, 0.05) is 37.1 Å². The van der Waals surface area contributed by atoms with Crippen LogP contribution in [0.1, 0.15) is 17.5 Å². The number of anilines is 2. The maximum Gasteiger partial charge on any atom is 0.321 e. The molecule has 2 aromatic rings. The number of halogens is 1. The van der Waals surface area contributed by atoms with Crippen molar-refractivity contribution in [2.45, 2.75) is 19.9 Å². The summed E-state index contributed by atoms with van der Waals surface area (Å²) in [5.74, 6) is 0.551. The van der Waals surface area contributed by atoms with Crippen LogP contribution in [0, 0.1) is 0 Å². The van der Waals surface area contributed by atoms with E-state index in [0.717, 1.165) is 29.2 Å². The molecule has 0 radical (unpaired) electrons. The zero-order valence-electron chi connectivity index (χ0n) is 15.2. The van der Waals surface area contributed by atoms with Gasteiger partial charge >= 0.3 is 6.03 Å². The Morgan fingerprint density at radius 1 is 1.48 bits per heavy atom. The number of aromatic nitrogens is 2. The maximum atomic E-state index is 11.9. The summed E-state index contributed by atoms with van der Waals surface area (Å²) in [6, 6.07) is 1.61. The largest absolute Gasteiger partial charge is 0.493 e. The first-order valence-corrected chi connectivity index (χ1v) is 9.85. The molecular formula is C17H22ClN5O3S. The Labute approximate surface area is 166 Å². The lowest BCUT2D eigenvalue weighted by Gasteiger charge is -2.28. The highest BCUT2D eigenvalue weighted by Crippen LogP contribution is 2.33. The van der Waals surface area contributed by atoms with Gasteiger partial charge in [0.1, 0.15) is 0 Å². The van der Waals surface area contributed by atoms with Gasteiger partial charge in [-0.05, 0) is 6.92 Å². The average molecular weight is 412 g/mol. The van der Waals surface area contributed by atoms with Crippen molar-refractivity contribution in [3.63, 3.8) is 0 Å². The molecular weight excluding hydrogens is 390 g/mol. The Morgan fingerprint density at radius 3 is 3.11 bits per heavy atom. The molecule has 1 aliphatic rings. The van der Waals surface area contributed by atoms with E-state index < -0.39 is 0 Å². The molecule has 0 atom stereocenters. The smallest absolute Gasteiger partial charge is 0.321 e. The quantitative estimate of drug-likeness (QED) is 0.538. The Hall–Kier alpha value is -2.10. The number of hydrogen-bond donors (Lipinski definition) is 2. The Bertz CT molecular complexity index is 801. The molecule has 10 heteroatoms. The monoisotopic (exact) mass is 411 g/mol. The predicted octanol–water partition coefficient (Wildman–Crippen LogP) is 2.92. The third kappa shape index (κ3) is 5.00. The number of pyridine rings is 1. The highest BCUT2D eigenvalue weighted by molar-refractivity contribution is 7.15. The van der Waals surface area contributed by atoms with Crippen molar-refractivity contribution in [1.82, 2.24) is 15.3 Å². The van der Waals surface area contributed by atoms with E-state index in [1.54, 1.807) is 13.3 Å². The second-order valence-electron chi connectivity index (χ2n) is 5.82. The lowest BCUT2D eigenvalue weighted by Crippen LogP contribution is -2.31. The van der Waals surface area contributed by atoms with Crippen LogP contribution in [0.5, 0.6) is 5.75 Å². The van der Waals surface area contributed by atoms with Crippen LogP contribution in [0.25, 0.3) is 0 Å². The van der Waals surface area contributed by atoms with Crippen molar-refractivity contribution >= 4 is 39.8 Å². The molecule has 3 heterocycles. The third-order valence-electron chi connectivity index (χ3n) is 4.07. The van der Waals surface area contributed by atoms with Crippen LogP contribution in [0.15, 0.2) is 12.3 Å². The molecule has 0 unspecified atom stereocenters. The Kier molecular flexibility index (Phi) is 6.70. The van der Waals surface area contributed by atoms with Crippen molar-refractivity contribution in [2.75, 3.05) is 43.6 Å². The van der Waals surface area contributed by atoms with Gasteiger partial charge in [-0.25, -0.2) is 14.8 Å². The zero-order valence-corrected chi connectivity index (χ0v) is 16.8. The fraction of sp³-hybridized carbons (Fsp3) is 0.471. The molecule has 0 saturated carbocycles. The minimum atomic E-state index is -0.274. The summed E-state index contributed by atoms with van der Waals surface area (Å²) in [6.07, 6.45) is 2.53. The van der Waals surface area contributed by atoms with Gasteiger partial charge in [0.25, 0.3) is 0 Å². The molecule has 0 spiro atoms. The van der Waals surface area contributed by atoms with Crippen molar-refractivity contribution in [1.29, 1.82) is 0 Å².